The summed E-state index contributed by atoms with van der Waals surface area (Å²) in [6.45, 7) is 13.1. The predicted octanol–water partition coefficient (Wildman–Crippen LogP) is 3.55. The lowest BCUT2D eigenvalue weighted by Gasteiger charge is -2.23. The SMILES string of the molecule is CCNC(=NCc1ccc(CN(CC)CC)cc1)NCC(C)(O)c1cccs1. The van der Waals surface area contributed by atoms with Crippen LogP contribution in [0.15, 0.2) is 46.8 Å². The molecule has 5 nitrogen and oxygen atoms in total. The zero-order valence-corrected chi connectivity index (χ0v) is 18.4. The van der Waals surface area contributed by atoms with E-state index in [1.165, 1.54) is 11.1 Å². The van der Waals surface area contributed by atoms with Crippen molar-refractivity contribution in [1.29, 1.82) is 0 Å². The van der Waals surface area contributed by atoms with Crippen molar-refractivity contribution >= 4 is 17.3 Å². The molecule has 28 heavy (non-hydrogen) atoms. The van der Waals surface area contributed by atoms with Crippen LogP contribution in [0.3, 0.4) is 0 Å². The van der Waals surface area contributed by atoms with Gasteiger partial charge in [-0.15, -0.1) is 11.3 Å². The molecule has 2 aromatic rings. The van der Waals surface area contributed by atoms with E-state index in [2.05, 4.69) is 58.6 Å². The highest BCUT2D eigenvalue weighted by molar-refractivity contribution is 7.10. The summed E-state index contributed by atoms with van der Waals surface area (Å²) in [5, 5.41) is 19.2. The summed E-state index contributed by atoms with van der Waals surface area (Å²) in [7, 11) is 0. The summed E-state index contributed by atoms with van der Waals surface area (Å²) in [6.07, 6.45) is 0. The van der Waals surface area contributed by atoms with Gasteiger partial charge < -0.3 is 15.7 Å². The molecule has 0 amide bonds. The van der Waals surface area contributed by atoms with Crippen molar-refractivity contribution in [2.45, 2.75) is 46.4 Å². The lowest BCUT2D eigenvalue weighted by Crippen LogP contribution is -2.44. The van der Waals surface area contributed by atoms with Gasteiger partial charge in [0.2, 0.25) is 0 Å². The average Bonchev–Trinajstić information content (AvgIpc) is 3.25. The molecule has 0 radical (unpaired) electrons. The monoisotopic (exact) mass is 402 g/mol. The molecule has 1 aromatic heterocycles. The molecule has 154 valence electrons. The third-order valence-electron chi connectivity index (χ3n) is 4.74. The molecule has 0 spiro atoms. The lowest BCUT2D eigenvalue weighted by molar-refractivity contribution is 0.0655. The first kappa shape index (κ1) is 22.4. The molecule has 0 saturated carbocycles. The second-order valence-electron chi connectivity index (χ2n) is 7.08. The number of rotatable bonds is 10. The lowest BCUT2D eigenvalue weighted by atomic mass is 10.1. The van der Waals surface area contributed by atoms with E-state index in [1.807, 2.05) is 31.4 Å². The van der Waals surface area contributed by atoms with Crippen LogP contribution in [0.2, 0.25) is 0 Å². The van der Waals surface area contributed by atoms with Crippen molar-refractivity contribution in [3.63, 3.8) is 0 Å². The topological polar surface area (TPSA) is 59.9 Å². The fourth-order valence-corrected chi connectivity index (χ4v) is 3.68. The van der Waals surface area contributed by atoms with Crippen molar-refractivity contribution in [3.05, 3.63) is 57.8 Å². The quantitative estimate of drug-likeness (QED) is 0.420. The molecular formula is C22H34N4OS. The third kappa shape index (κ3) is 6.93. The first-order valence-corrected chi connectivity index (χ1v) is 10.9. The molecule has 1 atom stereocenters. The van der Waals surface area contributed by atoms with E-state index >= 15 is 0 Å². The number of aliphatic hydroxyl groups is 1. The normalized spacial score (nSPS) is 14.1. The number of nitrogens with zero attached hydrogens (tertiary/aromatic N) is 2. The summed E-state index contributed by atoms with van der Waals surface area (Å²) in [4.78, 5) is 8.01. The van der Waals surface area contributed by atoms with Crippen LogP contribution in [0.5, 0.6) is 0 Å². The Morgan fingerprint density at radius 2 is 1.75 bits per heavy atom. The van der Waals surface area contributed by atoms with E-state index in [-0.39, 0.29) is 0 Å². The minimum atomic E-state index is -0.920. The molecular weight excluding hydrogens is 368 g/mol. The van der Waals surface area contributed by atoms with Gasteiger partial charge in [-0.25, -0.2) is 4.99 Å². The molecule has 0 saturated heterocycles. The summed E-state index contributed by atoms with van der Waals surface area (Å²) in [5.41, 5.74) is 1.58. The molecule has 2 rings (SSSR count). The van der Waals surface area contributed by atoms with Crippen LogP contribution in [-0.4, -0.2) is 42.1 Å². The Balaban J connectivity index is 1.94. The summed E-state index contributed by atoms with van der Waals surface area (Å²) in [6, 6.07) is 12.6. The number of hydrogen-bond acceptors (Lipinski definition) is 4. The van der Waals surface area contributed by atoms with Gasteiger partial charge in [0.1, 0.15) is 5.60 Å². The van der Waals surface area contributed by atoms with Crippen molar-refractivity contribution in [1.82, 2.24) is 15.5 Å². The highest BCUT2D eigenvalue weighted by Crippen LogP contribution is 2.24. The molecule has 1 aromatic carbocycles. The average molecular weight is 403 g/mol. The van der Waals surface area contributed by atoms with E-state index < -0.39 is 5.60 Å². The summed E-state index contributed by atoms with van der Waals surface area (Å²) < 4.78 is 0. The van der Waals surface area contributed by atoms with E-state index in [1.54, 1.807) is 11.3 Å². The molecule has 1 unspecified atom stereocenters. The Morgan fingerprint density at radius 1 is 1.07 bits per heavy atom. The van der Waals surface area contributed by atoms with Crippen LogP contribution in [0, 0.1) is 0 Å². The van der Waals surface area contributed by atoms with Crippen LogP contribution < -0.4 is 10.6 Å². The predicted molar refractivity (Wildman–Crippen MR) is 120 cm³/mol. The largest absolute Gasteiger partial charge is 0.383 e. The van der Waals surface area contributed by atoms with Gasteiger partial charge in [-0.3, -0.25) is 4.90 Å². The Hall–Kier alpha value is -1.89. The smallest absolute Gasteiger partial charge is 0.191 e. The zero-order valence-electron chi connectivity index (χ0n) is 17.5. The summed E-state index contributed by atoms with van der Waals surface area (Å²) in [5.74, 6) is 0.714. The van der Waals surface area contributed by atoms with Crippen molar-refractivity contribution in [3.8, 4) is 0 Å². The van der Waals surface area contributed by atoms with Gasteiger partial charge in [-0.2, -0.15) is 0 Å². The molecule has 1 heterocycles. The van der Waals surface area contributed by atoms with Gasteiger partial charge in [0.25, 0.3) is 0 Å². The zero-order chi connectivity index (χ0) is 20.4. The Morgan fingerprint density at radius 3 is 2.32 bits per heavy atom. The summed E-state index contributed by atoms with van der Waals surface area (Å²) >= 11 is 1.56. The molecule has 0 fully saturated rings. The van der Waals surface area contributed by atoms with Crippen LogP contribution in [0.4, 0.5) is 0 Å². The molecule has 6 heteroatoms. The van der Waals surface area contributed by atoms with Gasteiger partial charge in [-0.1, -0.05) is 44.2 Å². The van der Waals surface area contributed by atoms with Gasteiger partial charge in [0, 0.05) is 18.0 Å². The highest BCUT2D eigenvalue weighted by atomic mass is 32.1. The number of guanidine groups is 1. The van der Waals surface area contributed by atoms with Crippen LogP contribution in [0.1, 0.15) is 43.7 Å². The molecule has 0 aliphatic rings. The van der Waals surface area contributed by atoms with Crippen molar-refractivity contribution in [2.75, 3.05) is 26.2 Å². The standard InChI is InChI=1S/C22H34N4OS/c1-5-23-21(25-17-22(4,27)20-9-8-14-28-20)24-15-18-10-12-19(13-11-18)16-26(6-2)7-3/h8-14,27H,5-7,15-17H2,1-4H3,(H2,23,24,25). The first-order valence-electron chi connectivity index (χ1n) is 10.1. The Kier molecular flexibility index (Phi) is 8.96. The second kappa shape index (κ2) is 11.2. The van der Waals surface area contributed by atoms with Crippen molar-refractivity contribution < 1.29 is 5.11 Å². The fourth-order valence-electron chi connectivity index (χ4n) is 2.90. The van der Waals surface area contributed by atoms with Crippen LogP contribution in [-0.2, 0) is 18.7 Å². The number of nitrogens with one attached hydrogen (secondary N) is 2. The fraction of sp³-hybridized carbons (Fsp3) is 0.500. The maximum absolute atomic E-state index is 10.7. The van der Waals surface area contributed by atoms with Gasteiger partial charge in [-0.05, 0) is 49.5 Å². The van der Waals surface area contributed by atoms with Gasteiger partial charge in [0.05, 0.1) is 13.1 Å². The molecule has 3 N–H and O–H groups in total. The van der Waals surface area contributed by atoms with E-state index in [0.717, 1.165) is 31.1 Å². The Labute approximate surface area is 173 Å². The number of thiophene rings is 1. The highest BCUT2D eigenvalue weighted by Gasteiger charge is 2.24. The maximum Gasteiger partial charge on any atom is 0.191 e. The minimum Gasteiger partial charge on any atom is -0.383 e. The van der Waals surface area contributed by atoms with Crippen LogP contribution in [0.25, 0.3) is 0 Å². The molecule has 0 bridgehead atoms. The minimum absolute atomic E-state index is 0.405. The second-order valence-corrected chi connectivity index (χ2v) is 8.03. The van der Waals surface area contributed by atoms with Crippen LogP contribution >= 0.6 is 11.3 Å². The molecule has 0 aliphatic carbocycles. The number of hydrogen-bond donors (Lipinski definition) is 3. The van der Waals surface area contributed by atoms with E-state index in [4.69, 9.17) is 0 Å². The van der Waals surface area contributed by atoms with Gasteiger partial charge in [0.15, 0.2) is 5.96 Å². The van der Waals surface area contributed by atoms with Crippen molar-refractivity contribution in [2.24, 2.45) is 4.99 Å². The van der Waals surface area contributed by atoms with E-state index in [9.17, 15) is 5.11 Å². The first-order chi connectivity index (χ1) is 13.5. The third-order valence-corrected chi connectivity index (χ3v) is 5.86. The van der Waals surface area contributed by atoms with Gasteiger partial charge >= 0.3 is 0 Å². The number of aliphatic imine (C=N–C) groups is 1. The molecule has 0 aliphatic heterocycles. The number of benzene rings is 1. The maximum atomic E-state index is 10.7. The van der Waals surface area contributed by atoms with E-state index in [0.29, 0.717) is 19.0 Å². The Bertz CT molecular complexity index is 707.